The van der Waals surface area contributed by atoms with Crippen LogP contribution in [0.15, 0.2) is 12.5 Å². The number of carboxylic acid groups (broad SMARTS) is 1. The van der Waals surface area contributed by atoms with Crippen molar-refractivity contribution in [2.24, 2.45) is 5.92 Å². The average molecular weight is 223 g/mol. The van der Waals surface area contributed by atoms with Crippen molar-refractivity contribution < 1.29 is 9.90 Å². The molecule has 0 aromatic carbocycles. The number of H-pyrrole nitrogens is 1. The van der Waals surface area contributed by atoms with E-state index in [1.165, 1.54) is 10.6 Å². The van der Waals surface area contributed by atoms with Crippen molar-refractivity contribution in [2.75, 3.05) is 13.1 Å². The lowest BCUT2D eigenvalue weighted by atomic mass is 9.92. The Morgan fingerprint density at radius 1 is 1.56 bits per heavy atom. The van der Waals surface area contributed by atoms with Crippen molar-refractivity contribution in [1.29, 1.82) is 0 Å². The van der Waals surface area contributed by atoms with Crippen LogP contribution in [0.5, 0.6) is 0 Å². The summed E-state index contributed by atoms with van der Waals surface area (Å²) in [6, 6.07) is 0. The summed E-state index contributed by atoms with van der Waals surface area (Å²) in [5, 5.41) is 8.82. The van der Waals surface area contributed by atoms with Gasteiger partial charge in [-0.2, -0.15) is 0 Å². The number of nitrogens with one attached hydrogen (secondary N) is 1. The first-order valence-electron chi connectivity index (χ1n) is 5.71. The maximum Gasteiger partial charge on any atom is 0.407 e. The second-order valence-electron chi connectivity index (χ2n) is 4.33. The van der Waals surface area contributed by atoms with Gasteiger partial charge in [0.25, 0.3) is 0 Å². The summed E-state index contributed by atoms with van der Waals surface area (Å²) >= 11 is 0. The first-order valence-corrected chi connectivity index (χ1v) is 5.71. The number of aromatic nitrogens is 2. The molecule has 1 saturated heterocycles. The van der Waals surface area contributed by atoms with Crippen molar-refractivity contribution in [3.8, 4) is 0 Å². The van der Waals surface area contributed by atoms with Crippen molar-refractivity contribution in [2.45, 2.75) is 25.7 Å². The van der Waals surface area contributed by atoms with E-state index < -0.39 is 6.09 Å². The molecule has 2 rings (SSSR count). The predicted molar refractivity (Wildman–Crippen MR) is 59.2 cm³/mol. The lowest BCUT2D eigenvalue weighted by molar-refractivity contribution is 0.123. The van der Waals surface area contributed by atoms with E-state index in [0.717, 1.165) is 25.7 Å². The zero-order valence-electron chi connectivity index (χ0n) is 9.22. The van der Waals surface area contributed by atoms with Gasteiger partial charge in [0.1, 0.15) is 0 Å². The van der Waals surface area contributed by atoms with Gasteiger partial charge >= 0.3 is 6.09 Å². The number of aromatic amines is 1. The molecule has 0 bridgehead atoms. The highest BCUT2D eigenvalue weighted by molar-refractivity contribution is 5.64. The van der Waals surface area contributed by atoms with Crippen LogP contribution in [0.1, 0.15) is 25.0 Å². The zero-order chi connectivity index (χ0) is 11.4. The number of hydrogen-bond donors (Lipinski definition) is 2. The second-order valence-corrected chi connectivity index (χ2v) is 4.33. The van der Waals surface area contributed by atoms with Crippen molar-refractivity contribution in [3.05, 3.63) is 18.2 Å². The number of carbonyl (C=O) groups is 1. The average Bonchev–Trinajstić information content (AvgIpc) is 2.80. The van der Waals surface area contributed by atoms with Crippen LogP contribution in [0.3, 0.4) is 0 Å². The molecule has 1 aliphatic heterocycles. The van der Waals surface area contributed by atoms with Gasteiger partial charge in [-0.05, 0) is 31.6 Å². The van der Waals surface area contributed by atoms with E-state index in [2.05, 4.69) is 9.97 Å². The second kappa shape index (κ2) is 5.01. The number of piperidine rings is 1. The molecule has 88 valence electrons. The summed E-state index contributed by atoms with van der Waals surface area (Å²) in [6.45, 7) is 1.37. The van der Waals surface area contributed by atoms with E-state index in [-0.39, 0.29) is 0 Å². The summed E-state index contributed by atoms with van der Waals surface area (Å²) in [5.41, 5.74) is 1.17. The Kier molecular flexibility index (Phi) is 3.44. The maximum atomic E-state index is 10.7. The lowest BCUT2D eigenvalue weighted by Gasteiger charge is -2.29. The lowest BCUT2D eigenvalue weighted by Crippen LogP contribution is -2.37. The van der Waals surface area contributed by atoms with Crippen LogP contribution >= 0.6 is 0 Å². The Balaban J connectivity index is 1.71. The molecule has 0 spiro atoms. The first-order chi connectivity index (χ1) is 7.75. The quantitative estimate of drug-likeness (QED) is 0.820. The molecule has 1 fully saturated rings. The highest BCUT2D eigenvalue weighted by Gasteiger charge is 2.21. The van der Waals surface area contributed by atoms with Crippen molar-refractivity contribution in [3.63, 3.8) is 0 Å². The summed E-state index contributed by atoms with van der Waals surface area (Å²) in [7, 11) is 0. The molecule has 5 heteroatoms. The fourth-order valence-corrected chi connectivity index (χ4v) is 2.19. The van der Waals surface area contributed by atoms with Crippen LogP contribution < -0.4 is 0 Å². The summed E-state index contributed by atoms with van der Waals surface area (Å²) < 4.78 is 0. The third-order valence-corrected chi connectivity index (χ3v) is 3.26. The molecule has 2 heterocycles. The minimum absolute atomic E-state index is 0.652. The number of nitrogens with zero attached hydrogens (tertiary/aromatic N) is 2. The van der Waals surface area contributed by atoms with Gasteiger partial charge in [-0.3, -0.25) is 0 Å². The number of amides is 1. The molecule has 0 saturated carbocycles. The van der Waals surface area contributed by atoms with E-state index in [9.17, 15) is 4.79 Å². The fraction of sp³-hybridized carbons (Fsp3) is 0.636. The topological polar surface area (TPSA) is 69.2 Å². The predicted octanol–water partition coefficient (Wildman–Crippen LogP) is 1.73. The molecule has 1 aromatic heterocycles. The van der Waals surface area contributed by atoms with E-state index in [1.54, 1.807) is 6.33 Å². The number of likely N-dealkylation sites (tertiary alicyclic amines) is 1. The van der Waals surface area contributed by atoms with Crippen LogP contribution in [0.25, 0.3) is 0 Å². The molecule has 1 amide bonds. The molecule has 1 aromatic rings. The third kappa shape index (κ3) is 2.74. The normalized spacial score (nSPS) is 17.6. The number of aryl methyl sites for hydroxylation is 1. The molecular weight excluding hydrogens is 206 g/mol. The Hall–Kier alpha value is -1.52. The van der Waals surface area contributed by atoms with E-state index in [1.807, 2.05) is 6.20 Å². The largest absolute Gasteiger partial charge is 0.465 e. The molecule has 16 heavy (non-hydrogen) atoms. The highest BCUT2D eigenvalue weighted by atomic mass is 16.4. The monoisotopic (exact) mass is 223 g/mol. The fourth-order valence-electron chi connectivity index (χ4n) is 2.19. The number of imidazole rings is 1. The maximum absolute atomic E-state index is 10.7. The van der Waals surface area contributed by atoms with Gasteiger partial charge in [0, 0.05) is 25.0 Å². The van der Waals surface area contributed by atoms with Gasteiger partial charge in [0.15, 0.2) is 0 Å². The molecular formula is C11H17N3O2. The minimum atomic E-state index is -0.785. The third-order valence-electron chi connectivity index (χ3n) is 3.26. The number of hydrogen-bond acceptors (Lipinski definition) is 2. The minimum Gasteiger partial charge on any atom is -0.465 e. The van der Waals surface area contributed by atoms with Crippen molar-refractivity contribution >= 4 is 6.09 Å². The standard InChI is InChI=1S/C11H17N3O2/c15-11(16)14-5-3-9(4-6-14)1-2-10-7-12-8-13-10/h7-9H,1-6H2,(H,12,13)(H,15,16). The van der Waals surface area contributed by atoms with Gasteiger partial charge in [0.2, 0.25) is 0 Å². The van der Waals surface area contributed by atoms with Gasteiger partial charge < -0.3 is 15.0 Å². The van der Waals surface area contributed by atoms with Gasteiger partial charge in [-0.1, -0.05) is 0 Å². The molecule has 0 radical (unpaired) electrons. The highest BCUT2D eigenvalue weighted by Crippen LogP contribution is 2.21. The number of rotatable bonds is 3. The van der Waals surface area contributed by atoms with Crippen molar-refractivity contribution in [1.82, 2.24) is 14.9 Å². The van der Waals surface area contributed by atoms with Crippen LogP contribution in [0, 0.1) is 5.92 Å². The molecule has 0 unspecified atom stereocenters. The molecule has 1 aliphatic rings. The molecule has 0 aliphatic carbocycles. The molecule has 0 atom stereocenters. The summed E-state index contributed by atoms with van der Waals surface area (Å²) in [6.07, 6.45) is 6.87. The van der Waals surface area contributed by atoms with E-state index in [0.29, 0.717) is 19.0 Å². The molecule has 5 nitrogen and oxygen atoms in total. The van der Waals surface area contributed by atoms with Gasteiger partial charge in [-0.25, -0.2) is 9.78 Å². The summed E-state index contributed by atoms with van der Waals surface area (Å²) in [5.74, 6) is 0.652. The summed E-state index contributed by atoms with van der Waals surface area (Å²) in [4.78, 5) is 19.3. The Morgan fingerprint density at radius 2 is 2.31 bits per heavy atom. The Bertz CT molecular complexity index is 329. The van der Waals surface area contributed by atoms with Crippen LogP contribution in [-0.2, 0) is 6.42 Å². The Labute approximate surface area is 94.5 Å². The SMILES string of the molecule is O=C(O)N1CCC(CCc2cnc[nH]2)CC1. The Morgan fingerprint density at radius 3 is 2.88 bits per heavy atom. The smallest absolute Gasteiger partial charge is 0.407 e. The molecule has 2 N–H and O–H groups in total. The zero-order valence-corrected chi connectivity index (χ0v) is 9.22. The van der Waals surface area contributed by atoms with E-state index in [4.69, 9.17) is 5.11 Å². The van der Waals surface area contributed by atoms with Crippen LogP contribution in [0.2, 0.25) is 0 Å². The van der Waals surface area contributed by atoms with E-state index >= 15 is 0 Å². The van der Waals surface area contributed by atoms with Crippen LogP contribution in [-0.4, -0.2) is 39.2 Å². The van der Waals surface area contributed by atoms with Crippen LogP contribution in [0.4, 0.5) is 4.79 Å². The van der Waals surface area contributed by atoms with Gasteiger partial charge in [0.05, 0.1) is 6.33 Å². The first kappa shape index (κ1) is 11.0. The van der Waals surface area contributed by atoms with Gasteiger partial charge in [-0.15, -0.1) is 0 Å².